The van der Waals surface area contributed by atoms with Crippen LogP contribution in [0.3, 0.4) is 0 Å². The summed E-state index contributed by atoms with van der Waals surface area (Å²) in [6.07, 6.45) is 13.1. The van der Waals surface area contributed by atoms with Gasteiger partial charge in [0.05, 0.1) is 37.3 Å². The Kier molecular flexibility index (Phi) is 12.3. The van der Waals surface area contributed by atoms with Gasteiger partial charge in [0.15, 0.2) is 0 Å². The fourth-order valence-corrected chi connectivity index (χ4v) is 8.24. The second-order valence-corrected chi connectivity index (χ2v) is 16.2. The number of carbonyl (C=O) groups excluding carboxylic acids is 1. The van der Waals surface area contributed by atoms with Gasteiger partial charge in [0.1, 0.15) is 37.1 Å². The Bertz CT molecular complexity index is 2890. The monoisotopic (exact) mass is 904 g/mol. The number of nitrogens with one attached hydrogen (secondary N) is 3. The highest BCUT2D eigenvalue weighted by molar-refractivity contribution is 5.78. The molecule has 67 heavy (non-hydrogen) atoms. The first-order chi connectivity index (χ1) is 32.8. The second kappa shape index (κ2) is 19.4. The van der Waals surface area contributed by atoms with Crippen molar-refractivity contribution >= 4 is 23.8 Å². The smallest absolute Gasteiger partial charge is 0.312 e. The number of hydrogen-bond donors (Lipinski definition) is 4. The molecule has 0 atom stereocenters. The highest BCUT2D eigenvalue weighted by Gasteiger charge is 2.26. The molecule has 0 radical (unpaired) electrons. The third-order valence-corrected chi connectivity index (χ3v) is 11.5. The number of aromatic nitrogens is 14. The first-order valence-electron chi connectivity index (χ1n) is 21.7. The van der Waals surface area contributed by atoms with Crippen molar-refractivity contribution in [1.29, 1.82) is 0 Å². The molecule has 23 heteroatoms. The minimum atomic E-state index is -1.02. The maximum absolute atomic E-state index is 12.6. The van der Waals surface area contributed by atoms with Crippen molar-refractivity contribution in [2.75, 3.05) is 23.7 Å². The molecule has 8 heterocycles. The highest BCUT2D eigenvalue weighted by atomic mass is 16.4. The van der Waals surface area contributed by atoms with Crippen molar-refractivity contribution in [3.8, 4) is 22.9 Å². The third kappa shape index (κ3) is 10.3. The van der Waals surface area contributed by atoms with Gasteiger partial charge in [0, 0.05) is 50.0 Å². The van der Waals surface area contributed by atoms with Crippen molar-refractivity contribution in [3.05, 3.63) is 132 Å². The molecule has 4 N–H and O–H groups in total. The molecular formula is C44H44N18O5. The summed E-state index contributed by atoms with van der Waals surface area (Å²) in [6, 6.07) is 17.4. The summed E-state index contributed by atoms with van der Waals surface area (Å²) >= 11 is 0. The van der Waals surface area contributed by atoms with E-state index in [1.165, 1.54) is 28.6 Å². The molecule has 6 aromatic heterocycles. The highest BCUT2D eigenvalue weighted by Crippen LogP contribution is 2.26. The lowest BCUT2D eigenvalue weighted by molar-refractivity contribution is -0.136. The van der Waals surface area contributed by atoms with Crippen LogP contribution in [0.4, 0.5) is 11.9 Å². The Morgan fingerprint density at radius 3 is 1.63 bits per heavy atom. The molecule has 0 bridgehead atoms. The lowest BCUT2D eigenvalue weighted by Gasteiger charge is -2.26. The van der Waals surface area contributed by atoms with E-state index in [1.807, 2.05) is 4.68 Å². The van der Waals surface area contributed by atoms with Crippen molar-refractivity contribution in [1.82, 2.24) is 80.1 Å². The van der Waals surface area contributed by atoms with E-state index in [-0.39, 0.29) is 54.4 Å². The van der Waals surface area contributed by atoms with Crippen LogP contribution in [-0.4, -0.2) is 117 Å². The van der Waals surface area contributed by atoms with E-state index < -0.39 is 5.97 Å². The molecule has 2 aliphatic carbocycles. The number of carboxylic acid groups (broad SMARTS) is 1. The lowest BCUT2D eigenvalue weighted by Crippen LogP contribution is -2.39. The first kappa shape index (κ1) is 42.6. The number of carboxylic acids is 1. The number of anilines is 2. The number of amides is 1. The zero-order chi connectivity index (χ0) is 45.5. The van der Waals surface area contributed by atoms with Crippen LogP contribution in [0.15, 0.2) is 94.8 Å². The Labute approximate surface area is 381 Å². The topological polar surface area (TPSA) is 285 Å². The minimum absolute atomic E-state index is 0.0316. The van der Waals surface area contributed by atoms with E-state index in [0.29, 0.717) is 42.7 Å². The van der Waals surface area contributed by atoms with Gasteiger partial charge in [0.25, 0.3) is 11.8 Å². The van der Waals surface area contributed by atoms with E-state index in [2.05, 4.69) is 125 Å². The number of hydrogen-bond acceptors (Lipinski definition) is 19. The summed E-state index contributed by atoms with van der Waals surface area (Å²) in [6.45, 7) is 4.45. The van der Waals surface area contributed by atoms with Crippen LogP contribution >= 0.6 is 0 Å². The molecule has 0 spiro atoms. The number of fused-ring (bicyclic) bond motifs is 4. The molecule has 12 rings (SSSR count). The van der Waals surface area contributed by atoms with E-state index in [9.17, 15) is 9.59 Å². The maximum Gasteiger partial charge on any atom is 0.312 e. The molecule has 4 aliphatic rings. The molecule has 8 aromatic rings. The summed E-state index contributed by atoms with van der Waals surface area (Å²) in [7, 11) is 0. The summed E-state index contributed by atoms with van der Waals surface area (Å²) < 4.78 is 14.7. The fraction of sp³-hybridized carbons (Fsp3) is 0.318. The number of benzene rings is 2. The van der Waals surface area contributed by atoms with Gasteiger partial charge in [-0.2, -0.15) is 10.2 Å². The van der Waals surface area contributed by atoms with Gasteiger partial charge < -0.3 is 34.8 Å². The molecule has 0 unspecified atom stereocenters. The van der Waals surface area contributed by atoms with Crippen LogP contribution in [0.25, 0.3) is 22.9 Å². The molecule has 0 fully saturated rings. The third-order valence-electron chi connectivity index (χ3n) is 11.5. The minimum Gasteiger partial charge on any atom is -0.481 e. The van der Waals surface area contributed by atoms with E-state index in [0.717, 1.165) is 57.0 Å². The van der Waals surface area contributed by atoms with Crippen LogP contribution in [0.1, 0.15) is 45.7 Å². The largest absolute Gasteiger partial charge is 0.481 e. The average molecular weight is 905 g/mol. The van der Waals surface area contributed by atoms with Crippen LogP contribution in [0.5, 0.6) is 0 Å². The van der Waals surface area contributed by atoms with Crippen molar-refractivity contribution in [2.45, 2.75) is 76.8 Å². The van der Waals surface area contributed by atoms with E-state index >= 15 is 0 Å². The number of aliphatic carboxylic acids is 1. The van der Waals surface area contributed by atoms with Gasteiger partial charge in [-0.3, -0.25) is 9.59 Å². The van der Waals surface area contributed by atoms with Crippen LogP contribution in [0.2, 0.25) is 0 Å². The zero-order valence-electron chi connectivity index (χ0n) is 36.0. The summed E-state index contributed by atoms with van der Waals surface area (Å²) in [5.41, 5.74) is 6.59. The Balaban J connectivity index is 0.000000135. The van der Waals surface area contributed by atoms with Gasteiger partial charge in [-0.05, 0) is 47.9 Å². The molecule has 2 aliphatic heterocycles. The van der Waals surface area contributed by atoms with Crippen LogP contribution < -0.4 is 16.0 Å². The van der Waals surface area contributed by atoms with Gasteiger partial charge >= 0.3 is 5.97 Å². The molecule has 340 valence electrons. The van der Waals surface area contributed by atoms with Crippen LogP contribution in [0, 0.1) is 0 Å². The van der Waals surface area contributed by atoms with Gasteiger partial charge in [0.2, 0.25) is 29.6 Å². The Morgan fingerprint density at radius 2 is 1.12 bits per heavy atom. The molecular weight excluding hydrogens is 861 g/mol. The SMILES string of the molecule is O=C(Cc1nnc(-c2cnc(NC3Cc4ccccc4C3)nc2)o1)N1CCn2ncnc2C1.O=C(O)Cc1nnc(-c2cnc(NC3Cc4ccccc4C3)nc2)o1.c1nc2n(n1)CCNC2. The molecule has 1 amide bonds. The normalized spacial score (nSPS) is 15.0. The number of nitrogens with zero attached hydrogens (tertiary/aromatic N) is 15. The van der Waals surface area contributed by atoms with Gasteiger partial charge in [-0.15, -0.1) is 20.4 Å². The maximum atomic E-state index is 12.6. The van der Waals surface area contributed by atoms with Crippen molar-refractivity contribution in [2.24, 2.45) is 0 Å². The molecule has 2 aromatic carbocycles. The van der Waals surface area contributed by atoms with Crippen LogP contribution in [-0.2, 0) is 74.3 Å². The summed E-state index contributed by atoms with van der Waals surface area (Å²) in [5.74, 6) is 2.59. The lowest BCUT2D eigenvalue weighted by atomic mass is 10.1. The standard InChI is InChI=1S/C22H21N9O2.C17H15N5O3.C5H8N4/c32-20(30-5-6-31-18(12-30)25-13-26-31)9-19-28-29-21(33-19)16-10-23-22(24-11-16)27-17-7-14-3-1-2-4-15(14)8-17;23-15(24)7-14-21-22-16(25-14)12-8-18-17(19-9-12)20-13-5-10-3-1-2-4-11(10)6-13;1-2-9-5(3-6-1)7-4-8-9/h1-4,10-11,13,17H,5-9,12H2,(H,23,24,27);1-4,8-9,13H,5-7H2,(H,23,24)(H,18,19,20);4,6H,1-3H2. The Morgan fingerprint density at radius 1 is 0.627 bits per heavy atom. The van der Waals surface area contributed by atoms with Crippen molar-refractivity contribution in [3.63, 3.8) is 0 Å². The van der Waals surface area contributed by atoms with E-state index in [1.54, 1.807) is 40.7 Å². The predicted molar refractivity (Wildman–Crippen MR) is 235 cm³/mol. The fourth-order valence-electron chi connectivity index (χ4n) is 8.24. The summed E-state index contributed by atoms with van der Waals surface area (Å²) in [4.78, 5) is 50.6. The van der Waals surface area contributed by atoms with Gasteiger partial charge in [-0.1, -0.05) is 48.5 Å². The average Bonchev–Trinajstić information content (AvgIpc) is 4.22. The zero-order valence-corrected chi connectivity index (χ0v) is 36.0. The first-order valence-corrected chi connectivity index (χ1v) is 21.7. The second-order valence-electron chi connectivity index (χ2n) is 16.2. The quantitative estimate of drug-likeness (QED) is 0.153. The van der Waals surface area contributed by atoms with Gasteiger partial charge in [-0.25, -0.2) is 39.3 Å². The van der Waals surface area contributed by atoms with Crippen molar-refractivity contribution < 1.29 is 23.5 Å². The molecule has 0 saturated carbocycles. The summed E-state index contributed by atoms with van der Waals surface area (Å²) in [5, 5.41) is 42.4. The number of carbonyl (C=O) groups is 2. The molecule has 23 nitrogen and oxygen atoms in total. The number of rotatable bonds is 10. The Hall–Kier alpha value is -8.34. The van der Waals surface area contributed by atoms with E-state index in [4.69, 9.17) is 13.9 Å². The predicted octanol–water partition coefficient (Wildman–Crippen LogP) is 2.40. The molecule has 0 saturated heterocycles.